The Bertz CT molecular complexity index is 411. The van der Waals surface area contributed by atoms with Crippen LogP contribution in [0.4, 0.5) is 4.39 Å². The molecule has 6 heteroatoms. The lowest BCUT2D eigenvalue weighted by molar-refractivity contribution is -0.124. The number of benzene rings is 1. The van der Waals surface area contributed by atoms with Gasteiger partial charge in [-0.25, -0.2) is 4.39 Å². The van der Waals surface area contributed by atoms with Gasteiger partial charge in [-0.05, 0) is 31.3 Å². The molecule has 0 spiro atoms. The number of hydrogen-bond donors (Lipinski definition) is 3. The van der Waals surface area contributed by atoms with Crippen LogP contribution in [0.25, 0.3) is 0 Å². The van der Waals surface area contributed by atoms with Gasteiger partial charge in [-0.2, -0.15) is 0 Å². The summed E-state index contributed by atoms with van der Waals surface area (Å²) in [6, 6.07) is 5.52. The van der Waals surface area contributed by atoms with E-state index >= 15 is 0 Å². The van der Waals surface area contributed by atoms with Gasteiger partial charge in [0, 0.05) is 19.0 Å². The number of halogens is 1. The molecule has 112 valence electrons. The Hall–Kier alpha value is -1.66. The van der Waals surface area contributed by atoms with E-state index in [0.717, 1.165) is 0 Å². The van der Waals surface area contributed by atoms with Crippen LogP contribution in [0.2, 0.25) is 0 Å². The smallest absolute Gasteiger partial charge is 0.224 e. The van der Waals surface area contributed by atoms with Crippen molar-refractivity contribution in [2.45, 2.75) is 13.0 Å². The molecule has 1 aromatic carbocycles. The minimum atomic E-state index is -0.814. The molecule has 0 aliphatic carbocycles. The summed E-state index contributed by atoms with van der Waals surface area (Å²) in [6.07, 6.45) is -0.814. The molecule has 0 saturated heterocycles. The number of carbonyl (C=O) groups excluding carboxylic acids is 1. The highest BCUT2D eigenvalue weighted by molar-refractivity contribution is 5.78. The van der Waals surface area contributed by atoms with E-state index in [1.165, 1.54) is 24.3 Å². The second-order valence-electron chi connectivity index (χ2n) is 4.62. The van der Waals surface area contributed by atoms with Gasteiger partial charge in [-0.15, -0.1) is 0 Å². The van der Waals surface area contributed by atoms with Gasteiger partial charge in [0.1, 0.15) is 24.3 Å². The van der Waals surface area contributed by atoms with Crippen LogP contribution in [0.3, 0.4) is 0 Å². The minimum Gasteiger partial charge on any atom is -0.491 e. The van der Waals surface area contributed by atoms with Crippen LogP contribution >= 0.6 is 0 Å². The van der Waals surface area contributed by atoms with Gasteiger partial charge in [0.25, 0.3) is 0 Å². The summed E-state index contributed by atoms with van der Waals surface area (Å²) >= 11 is 0. The van der Waals surface area contributed by atoms with E-state index in [0.29, 0.717) is 12.3 Å². The number of aliphatic hydroxyl groups excluding tert-OH is 1. The molecule has 1 amide bonds. The van der Waals surface area contributed by atoms with Crippen LogP contribution in [0.5, 0.6) is 5.75 Å². The van der Waals surface area contributed by atoms with Crippen molar-refractivity contribution in [3.63, 3.8) is 0 Å². The van der Waals surface area contributed by atoms with Crippen LogP contribution in [0, 0.1) is 11.7 Å². The Kier molecular flexibility index (Phi) is 6.97. The first kappa shape index (κ1) is 16.4. The molecule has 5 nitrogen and oxygen atoms in total. The third kappa shape index (κ3) is 5.99. The fraction of sp³-hybridized carbons (Fsp3) is 0.500. The van der Waals surface area contributed by atoms with Crippen molar-refractivity contribution in [1.82, 2.24) is 10.6 Å². The number of ether oxygens (including phenoxy) is 1. The molecule has 1 aromatic rings. The molecule has 0 aliphatic rings. The van der Waals surface area contributed by atoms with Gasteiger partial charge in [0.05, 0.1) is 0 Å². The summed E-state index contributed by atoms with van der Waals surface area (Å²) in [4.78, 5) is 11.6. The van der Waals surface area contributed by atoms with Gasteiger partial charge in [-0.3, -0.25) is 4.79 Å². The van der Waals surface area contributed by atoms with Crippen LogP contribution in [0.1, 0.15) is 6.92 Å². The van der Waals surface area contributed by atoms with Crippen LogP contribution in [0.15, 0.2) is 24.3 Å². The number of amides is 1. The molecule has 2 atom stereocenters. The monoisotopic (exact) mass is 284 g/mol. The molecule has 0 bridgehead atoms. The van der Waals surface area contributed by atoms with Gasteiger partial charge in [0.2, 0.25) is 5.91 Å². The van der Waals surface area contributed by atoms with Crippen molar-refractivity contribution in [1.29, 1.82) is 0 Å². The predicted octanol–water partition coefficient (Wildman–Crippen LogP) is 0.537. The zero-order valence-electron chi connectivity index (χ0n) is 11.7. The Morgan fingerprint density at radius 3 is 2.60 bits per heavy atom. The van der Waals surface area contributed by atoms with Gasteiger partial charge in [-0.1, -0.05) is 6.92 Å². The average molecular weight is 284 g/mol. The van der Waals surface area contributed by atoms with Gasteiger partial charge in [0.15, 0.2) is 0 Å². The van der Waals surface area contributed by atoms with Crippen LogP contribution < -0.4 is 15.4 Å². The maximum atomic E-state index is 12.7. The molecule has 0 saturated carbocycles. The Labute approximate surface area is 118 Å². The van der Waals surface area contributed by atoms with Crippen molar-refractivity contribution in [3.05, 3.63) is 30.1 Å². The van der Waals surface area contributed by atoms with Crippen molar-refractivity contribution < 1.29 is 19.0 Å². The molecule has 0 heterocycles. The van der Waals surface area contributed by atoms with Gasteiger partial charge < -0.3 is 20.5 Å². The van der Waals surface area contributed by atoms with E-state index in [2.05, 4.69) is 10.6 Å². The molecule has 2 unspecified atom stereocenters. The highest BCUT2D eigenvalue weighted by Crippen LogP contribution is 2.11. The quantitative estimate of drug-likeness (QED) is 0.651. The summed E-state index contributed by atoms with van der Waals surface area (Å²) in [5.41, 5.74) is 0. The standard InChI is InChI=1S/C14H21FN2O3/c1-10(7-16-2)14(19)17-8-12(18)9-20-13-5-3-11(15)4-6-13/h3-6,10,12,16,18H,7-9H2,1-2H3,(H,17,19). The number of aliphatic hydroxyl groups is 1. The molecule has 0 aromatic heterocycles. The Morgan fingerprint density at radius 1 is 1.35 bits per heavy atom. The first-order chi connectivity index (χ1) is 9.52. The third-order valence-corrected chi connectivity index (χ3v) is 2.73. The molecular formula is C14H21FN2O3. The van der Waals surface area contributed by atoms with E-state index in [1.807, 2.05) is 0 Å². The summed E-state index contributed by atoms with van der Waals surface area (Å²) < 4.78 is 18.0. The number of carbonyl (C=O) groups is 1. The van der Waals surface area contributed by atoms with Crippen LogP contribution in [-0.2, 0) is 4.79 Å². The van der Waals surface area contributed by atoms with E-state index in [9.17, 15) is 14.3 Å². The predicted molar refractivity (Wildman–Crippen MR) is 74.0 cm³/mol. The second-order valence-corrected chi connectivity index (χ2v) is 4.62. The maximum absolute atomic E-state index is 12.7. The summed E-state index contributed by atoms with van der Waals surface area (Å²) in [5, 5.41) is 15.2. The normalized spacial score (nSPS) is 13.6. The van der Waals surface area contributed by atoms with Crippen molar-refractivity contribution in [2.75, 3.05) is 26.7 Å². The molecule has 0 radical (unpaired) electrons. The topological polar surface area (TPSA) is 70.6 Å². The molecule has 3 N–H and O–H groups in total. The number of nitrogens with one attached hydrogen (secondary N) is 2. The van der Waals surface area contributed by atoms with E-state index < -0.39 is 6.10 Å². The molecule has 0 fully saturated rings. The van der Waals surface area contributed by atoms with Crippen molar-refractivity contribution in [3.8, 4) is 5.75 Å². The Morgan fingerprint density at radius 2 is 2.00 bits per heavy atom. The summed E-state index contributed by atoms with van der Waals surface area (Å²) in [6.45, 7) is 2.53. The average Bonchev–Trinajstić information content (AvgIpc) is 2.44. The fourth-order valence-electron chi connectivity index (χ4n) is 1.57. The molecule has 20 heavy (non-hydrogen) atoms. The lowest BCUT2D eigenvalue weighted by Gasteiger charge is -2.15. The number of hydrogen-bond acceptors (Lipinski definition) is 4. The van der Waals surface area contributed by atoms with E-state index in [-0.39, 0.29) is 30.8 Å². The SMILES string of the molecule is CNCC(C)C(=O)NCC(O)COc1ccc(F)cc1. The van der Waals surface area contributed by atoms with Crippen molar-refractivity contribution >= 4 is 5.91 Å². The number of rotatable bonds is 8. The van der Waals surface area contributed by atoms with Crippen LogP contribution in [-0.4, -0.2) is 43.9 Å². The maximum Gasteiger partial charge on any atom is 0.224 e. The highest BCUT2D eigenvalue weighted by atomic mass is 19.1. The zero-order valence-corrected chi connectivity index (χ0v) is 11.7. The lowest BCUT2D eigenvalue weighted by atomic mass is 10.1. The third-order valence-electron chi connectivity index (χ3n) is 2.73. The second kappa shape index (κ2) is 8.50. The fourth-order valence-corrected chi connectivity index (χ4v) is 1.57. The zero-order chi connectivity index (χ0) is 15.0. The lowest BCUT2D eigenvalue weighted by Crippen LogP contribution is -2.40. The van der Waals surface area contributed by atoms with E-state index in [1.54, 1.807) is 14.0 Å². The minimum absolute atomic E-state index is 0.0340. The highest BCUT2D eigenvalue weighted by Gasteiger charge is 2.13. The molecule has 0 aliphatic heterocycles. The van der Waals surface area contributed by atoms with Crippen molar-refractivity contribution in [2.24, 2.45) is 5.92 Å². The first-order valence-corrected chi connectivity index (χ1v) is 6.51. The first-order valence-electron chi connectivity index (χ1n) is 6.51. The Balaban J connectivity index is 2.25. The molecular weight excluding hydrogens is 263 g/mol. The van der Waals surface area contributed by atoms with Gasteiger partial charge >= 0.3 is 0 Å². The largest absolute Gasteiger partial charge is 0.491 e. The molecule has 1 rings (SSSR count). The van der Waals surface area contributed by atoms with E-state index in [4.69, 9.17) is 4.74 Å². The summed E-state index contributed by atoms with van der Waals surface area (Å²) in [5.74, 6) is -0.158. The summed E-state index contributed by atoms with van der Waals surface area (Å²) in [7, 11) is 1.77.